The third-order valence-corrected chi connectivity index (χ3v) is 5.03. The van der Waals surface area contributed by atoms with Gasteiger partial charge in [0, 0.05) is 15.7 Å². The fourth-order valence-electron chi connectivity index (χ4n) is 3.29. The minimum atomic E-state index is -0.501. The lowest BCUT2D eigenvalue weighted by Crippen LogP contribution is -2.18. The van der Waals surface area contributed by atoms with Gasteiger partial charge in [-0.15, -0.1) is 0 Å². The average Bonchev–Trinajstić information content (AvgIpc) is 3.17. The highest BCUT2D eigenvalue weighted by Gasteiger charge is 2.26. The molecule has 0 saturated carbocycles. The van der Waals surface area contributed by atoms with Crippen molar-refractivity contribution in [3.8, 4) is 16.9 Å². The summed E-state index contributed by atoms with van der Waals surface area (Å²) in [5, 5.41) is 0. The molecule has 0 aliphatic rings. The van der Waals surface area contributed by atoms with Crippen molar-refractivity contribution < 1.29 is 9.53 Å². The van der Waals surface area contributed by atoms with Crippen molar-refractivity contribution in [2.75, 3.05) is 7.11 Å². The maximum Gasteiger partial charge on any atom is 0.341 e. The van der Waals surface area contributed by atoms with E-state index in [-0.39, 0.29) is 5.69 Å². The molecule has 2 aromatic heterocycles. The number of carbonyl (C=O) groups is 1. The number of ether oxygens (including phenoxy) is 1. The number of hydrogen-bond donors (Lipinski definition) is 2. The van der Waals surface area contributed by atoms with Gasteiger partial charge >= 0.3 is 11.7 Å². The predicted octanol–water partition coefficient (Wildman–Crippen LogP) is 4.17. The Kier molecular flexibility index (Phi) is 4.24. The van der Waals surface area contributed by atoms with Crippen LogP contribution in [-0.4, -0.2) is 27.6 Å². The lowest BCUT2D eigenvalue weighted by atomic mass is 10.1. The van der Waals surface area contributed by atoms with Gasteiger partial charge in [-0.25, -0.2) is 9.59 Å². The second-order valence-electron chi connectivity index (χ2n) is 6.13. The largest absolute Gasteiger partial charge is 0.465 e. The molecule has 0 saturated heterocycles. The normalized spacial score (nSPS) is 11.1. The van der Waals surface area contributed by atoms with E-state index < -0.39 is 5.97 Å². The zero-order valence-corrected chi connectivity index (χ0v) is 16.3. The van der Waals surface area contributed by atoms with Gasteiger partial charge in [-0.05, 0) is 31.2 Å². The Morgan fingerprint density at radius 2 is 1.78 bits per heavy atom. The first-order chi connectivity index (χ1) is 13.0. The number of para-hydroxylation sites is 2. The molecule has 0 atom stereocenters. The molecule has 0 unspecified atom stereocenters. The number of nitrogens with zero attached hydrogens (tertiary/aromatic N) is 1. The minimum Gasteiger partial charge on any atom is -0.465 e. The molecule has 4 rings (SSSR count). The second-order valence-corrected chi connectivity index (χ2v) is 7.05. The van der Waals surface area contributed by atoms with Crippen molar-refractivity contribution in [1.82, 2.24) is 14.5 Å². The molecule has 0 aliphatic carbocycles. The van der Waals surface area contributed by atoms with Crippen LogP contribution in [0.15, 0.2) is 57.8 Å². The molecule has 136 valence electrons. The number of aromatic amines is 2. The van der Waals surface area contributed by atoms with Crippen molar-refractivity contribution >= 4 is 32.9 Å². The number of aryl methyl sites for hydroxylation is 1. The Morgan fingerprint density at radius 1 is 1.07 bits per heavy atom. The van der Waals surface area contributed by atoms with Gasteiger partial charge in [0.05, 0.1) is 29.5 Å². The SMILES string of the molecule is COC(=O)c1c(C)[nH]c(-c2ccc(Br)cc2)c1-n1c(=O)[nH]c2ccccc21. The van der Waals surface area contributed by atoms with E-state index in [1.165, 1.54) is 11.7 Å². The number of aromatic nitrogens is 3. The highest BCUT2D eigenvalue weighted by molar-refractivity contribution is 9.10. The third-order valence-electron chi connectivity index (χ3n) is 4.50. The number of nitrogens with one attached hydrogen (secondary N) is 2. The number of esters is 1. The number of halogens is 1. The minimum absolute atomic E-state index is 0.321. The molecule has 2 aromatic carbocycles. The third kappa shape index (κ3) is 2.80. The van der Waals surface area contributed by atoms with E-state index in [2.05, 4.69) is 25.9 Å². The molecule has 0 bridgehead atoms. The van der Waals surface area contributed by atoms with Crippen molar-refractivity contribution in [3.05, 3.63) is 74.7 Å². The molecule has 0 fully saturated rings. The molecule has 2 N–H and O–H groups in total. The summed E-state index contributed by atoms with van der Waals surface area (Å²) in [6.07, 6.45) is 0. The first-order valence-corrected chi connectivity index (χ1v) is 9.07. The molecule has 0 amide bonds. The van der Waals surface area contributed by atoms with Gasteiger partial charge in [0.15, 0.2) is 0 Å². The molecule has 2 heterocycles. The Balaban J connectivity index is 2.11. The molecular formula is C20H16BrN3O3. The number of H-pyrrole nitrogens is 2. The van der Waals surface area contributed by atoms with Crippen LogP contribution in [0.2, 0.25) is 0 Å². The smallest absolute Gasteiger partial charge is 0.341 e. The van der Waals surface area contributed by atoms with Crippen LogP contribution in [0.25, 0.3) is 28.0 Å². The highest BCUT2D eigenvalue weighted by Crippen LogP contribution is 2.33. The van der Waals surface area contributed by atoms with Gasteiger partial charge < -0.3 is 14.7 Å². The summed E-state index contributed by atoms with van der Waals surface area (Å²) >= 11 is 3.43. The van der Waals surface area contributed by atoms with Gasteiger partial charge in [0.2, 0.25) is 0 Å². The van der Waals surface area contributed by atoms with Gasteiger partial charge in [-0.3, -0.25) is 4.57 Å². The summed E-state index contributed by atoms with van der Waals surface area (Å²) in [7, 11) is 1.33. The van der Waals surface area contributed by atoms with Crippen LogP contribution in [0, 0.1) is 6.92 Å². The molecule has 0 aliphatic heterocycles. The first kappa shape index (κ1) is 17.4. The standard InChI is InChI=1S/C20H16BrN3O3/c1-11-16(19(25)27-2)18(17(22-11)12-7-9-13(21)10-8-12)24-15-6-4-3-5-14(15)23-20(24)26/h3-10,22H,1-2H3,(H,23,26). The van der Waals surface area contributed by atoms with E-state index in [1.54, 1.807) is 6.92 Å². The number of hydrogen-bond acceptors (Lipinski definition) is 3. The van der Waals surface area contributed by atoms with Gasteiger partial charge in [-0.1, -0.05) is 40.2 Å². The lowest BCUT2D eigenvalue weighted by Gasteiger charge is -2.09. The van der Waals surface area contributed by atoms with Crippen LogP contribution in [0.4, 0.5) is 0 Å². The number of rotatable bonds is 3. The van der Waals surface area contributed by atoms with E-state index in [1.807, 2.05) is 48.5 Å². The highest BCUT2D eigenvalue weighted by atomic mass is 79.9. The van der Waals surface area contributed by atoms with Crippen molar-refractivity contribution in [2.45, 2.75) is 6.92 Å². The van der Waals surface area contributed by atoms with Crippen LogP contribution in [0.1, 0.15) is 16.1 Å². The molecular weight excluding hydrogens is 410 g/mol. The van der Waals surface area contributed by atoms with Crippen LogP contribution >= 0.6 is 15.9 Å². The molecule has 7 heteroatoms. The topological polar surface area (TPSA) is 79.9 Å². The predicted molar refractivity (Wildman–Crippen MR) is 107 cm³/mol. The number of carbonyl (C=O) groups excluding carboxylic acids is 1. The summed E-state index contributed by atoms with van der Waals surface area (Å²) in [6, 6.07) is 15.0. The zero-order valence-electron chi connectivity index (χ0n) is 14.7. The van der Waals surface area contributed by atoms with E-state index in [4.69, 9.17) is 4.74 Å². The van der Waals surface area contributed by atoms with E-state index >= 15 is 0 Å². The number of benzene rings is 2. The first-order valence-electron chi connectivity index (χ1n) is 8.28. The molecule has 0 radical (unpaired) electrons. The molecule has 0 spiro atoms. The van der Waals surface area contributed by atoms with Gasteiger partial charge in [0.1, 0.15) is 5.56 Å². The van der Waals surface area contributed by atoms with Gasteiger partial charge in [0.25, 0.3) is 0 Å². The van der Waals surface area contributed by atoms with Crippen molar-refractivity contribution in [3.63, 3.8) is 0 Å². The Bertz CT molecular complexity index is 1220. The summed E-state index contributed by atoms with van der Waals surface area (Å²) in [6.45, 7) is 1.79. The lowest BCUT2D eigenvalue weighted by molar-refractivity contribution is 0.0600. The fourth-order valence-corrected chi connectivity index (χ4v) is 3.55. The average molecular weight is 426 g/mol. The van der Waals surface area contributed by atoms with Crippen LogP contribution < -0.4 is 5.69 Å². The summed E-state index contributed by atoms with van der Waals surface area (Å²) in [4.78, 5) is 31.4. The molecule has 4 aromatic rings. The maximum absolute atomic E-state index is 12.8. The molecule has 27 heavy (non-hydrogen) atoms. The second kappa shape index (κ2) is 6.59. The summed E-state index contributed by atoms with van der Waals surface area (Å²) < 4.78 is 7.44. The number of fused-ring (bicyclic) bond motifs is 1. The zero-order chi connectivity index (χ0) is 19.1. The fraction of sp³-hybridized carbons (Fsp3) is 0.100. The van der Waals surface area contributed by atoms with Gasteiger partial charge in [-0.2, -0.15) is 0 Å². The van der Waals surface area contributed by atoms with Crippen LogP contribution in [0.5, 0.6) is 0 Å². The Morgan fingerprint density at radius 3 is 2.48 bits per heavy atom. The van der Waals surface area contributed by atoms with Crippen molar-refractivity contribution in [1.29, 1.82) is 0 Å². The van der Waals surface area contributed by atoms with Crippen LogP contribution in [0.3, 0.4) is 0 Å². The number of imidazole rings is 1. The van der Waals surface area contributed by atoms with E-state index in [9.17, 15) is 9.59 Å². The van der Waals surface area contributed by atoms with Crippen LogP contribution in [-0.2, 0) is 4.74 Å². The monoisotopic (exact) mass is 425 g/mol. The maximum atomic E-state index is 12.8. The van der Waals surface area contributed by atoms with E-state index in [0.717, 1.165) is 10.0 Å². The number of methoxy groups -OCH3 is 1. The van der Waals surface area contributed by atoms with E-state index in [0.29, 0.717) is 33.7 Å². The van der Waals surface area contributed by atoms with Crippen molar-refractivity contribution in [2.24, 2.45) is 0 Å². The summed E-state index contributed by atoms with van der Waals surface area (Å²) in [5.41, 5.74) is 4.02. The summed E-state index contributed by atoms with van der Waals surface area (Å²) in [5.74, 6) is -0.501. The Hall–Kier alpha value is -3.06. The molecule has 6 nitrogen and oxygen atoms in total. The Labute approximate surface area is 162 Å². The quantitative estimate of drug-likeness (QED) is 0.483.